The Balaban J connectivity index is 1.92. The lowest BCUT2D eigenvalue weighted by Crippen LogP contribution is -2.33. The first kappa shape index (κ1) is 12.3. The first-order chi connectivity index (χ1) is 9.29. The van der Waals surface area contributed by atoms with E-state index in [9.17, 15) is 4.79 Å². The molecule has 1 saturated carbocycles. The summed E-state index contributed by atoms with van der Waals surface area (Å²) in [5.41, 5.74) is 2.99. The number of fused-ring (bicyclic) bond motifs is 1. The number of aldehydes is 1. The van der Waals surface area contributed by atoms with Gasteiger partial charge >= 0.3 is 0 Å². The molecule has 0 spiro atoms. The van der Waals surface area contributed by atoms with Crippen LogP contribution in [0, 0.1) is 0 Å². The van der Waals surface area contributed by atoms with Crippen molar-refractivity contribution in [2.45, 2.75) is 38.1 Å². The number of hydrogen-bond acceptors (Lipinski definition) is 2. The molecule has 0 aliphatic heterocycles. The van der Waals surface area contributed by atoms with Crippen LogP contribution in [0.25, 0.3) is 10.9 Å². The molecule has 1 fully saturated rings. The number of anilines is 1. The topological polar surface area (TPSA) is 36.1 Å². The monoisotopic (exact) mass is 256 g/mol. The highest BCUT2D eigenvalue weighted by Gasteiger charge is 2.18. The number of carbonyl (C=O) groups is 1. The van der Waals surface area contributed by atoms with Crippen molar-refractivity contribution in [2.75, 3.05) is 11.9 Å². The van der Waals surface area contributed by atoms with E-state index in [0.29, 0.717) is 6.04 Å². The normalized spacial score (nSPS) is 16.7. The predicted molar refractivity (Wildman–Crippen MR) is 79.0 cm³/mol. The van der Waals surface area contributed by atoms with Crippen LogP contribution in [0.15, 0.2) is 24.4 Å². The molecule has 0 amide bonds. The zero-order valence-electron chi connectivity index (χ0n) is 11.4. The number of benzene rings is 1. The fourth-order valence-electron chi connectivity index (χ4n) is 3.13. The summed E-state index contributed by atoms with van der Waals surface area (Å²) in [6.45, 7) is 0. The Morgan fingerprint density at radius 1 is 1.26 bits per heavy atom. The molecule has 0 radical (unpaired) electrons. The summed E-state index contributed by atoms with van der Waals surface area (Å²) in [7, 11) is 2.17. The van der Waals surface area contributed by atoms with Crippen LogP contribution in [0.1, 0.15) is 42.5 Å². The Morgan fingerprint density at radius 3 is 2.79 bits per heavy atom. The summed E-state index contributed by atoms with van der Waals surface area (Å²) in [4.78, 5) is 16.5. The third kappa shape index (κ3) is 2.25. The lowest BCUT2D eigenvalue weighted by molar-refractivity contribution is 0.112. The average molecular weight is 256 g/mol. The second kappa shape index (κ2) is 5.08. The van der Waals surface area contributed by atoms with E-state index < -0.39 is 0 Å². The molecule has 1 aliphatic carbocycles. The Morgan fingerprint density at radius 2 is 2.05 bits per heavy atom. The van der Waals surface area contributed by atoms with Gasteiger partial charge in [0, 0.05) is 41.4 Å². The van der Waals surface area contributed by atoms with Crippen LogP contribution in [0.5, 0.6) is 0 Å². The van der Waals surface area contributed by atoms with Gasteiger partial charge in [-0.1, -0.05) is 19.3 Å². The number of carbonyl (C=O) groups excluding carboxylic acids is 1. The molecule has 3 heteroatoms. The molecule has 3 rings (SSSR count). The van der Waals surface area contributed by atoms with Gasteiger partial charge in [0.1, 0.15) is 0 Å². The van der Waals surface area contributed by atoms with Gasteiger partial charge < -0.3 is 9.88 Å². The predicted octanol–water partition coefficient (Wildman–Crippen LogP) is 3.75. The minimum absolute atomic E-state index is 0.643. The van der Waals surface area contributed by atoms with E-state index in [1.807, 2.05) is 0 Å². The number of rotatable bonds is 3. The van der Waals surface area contributed by atoms with Gasteiger partial charge in [0.15, 0.2) is 6.29 Å². The van der Waals surface area contributed by atoms with E-state index in [0.717, 1.165) is 22.8 Å². The average Bonchev–Trinajstić information content (AvgIpc) is 2.89. The van der Waals surface area contributed by atoms with Crippen molar-refractivity contribution in [3.63, 3.8) is 0 Å². The summed E-state index contributed by atoms with van der Waals surface area (Å²) in [6.07, 6.45) is 9.30. The lowest BCUT2D eigenvalue weighted by Gasteiger charge is -2.33. The van der Waals surface area contributed by atoms with E-state index in [2.05, 4.69) is 35.1 Å². The maximum absolute atomic E-state index is 11.0. The molecular formula is C16H20N2O. The maximum atomic E-state index is 11.0. The lowest BCUT2D eigenvalue weighted by atomic mass is 9.94. The first-order valence-electron chi connectivity index (χ1n) is 7.09. The molecule has 0 bridgehead atoms. The Kier molecular flexibility index (Phi) is 3.28. The molecular weight excluding hydrogens is 236 g/mol. The van der Waals surface area contributed by atoms with Crippen molar-refractivity contribution in [2.24, 2.45) is 0 Å². The minimum atomic E-state index is 0.643. The summed E-state index contributed by atoms with van der Waals surface area (Å²) in [5, 5.41) is 1.02. The van der Waals surface area contributed by atoms with Crippen molar-refractivity contribution in [1.82, 2.24) is 4.98 Å². The fraction of sp³-hybridized carbons (Fsp3) is 0.438. The van der Waals surface area contributed by atoms with Gasteiger partial charge in [-0.2, -0.15) is 0 Å². The SMILES string of the molecule is CN(c1ccc2[nH]cc(C=O)c2c1)C1CCCCC1. The van der Waals surface area contributed by atoms with E-state index in [1.54, 1.807) is 6.20 Å². The van der Waals surface area contributed by atoms with Crippen molar-refractivity contribution >= 4 is 22.9 Å². The van der Waals surface area contributed by atoms with Crippen LogP contribution in [-0.2, 0) is 0 Å². The molecule has 1 aliphatic rings. The third-order valence-corrected chi connectivity index (χ3v) is 4.35. The molecule has 1 N–H and O–H groups in total. The molecule has 1 aromatic heterocycles. The number of aromatic amines is 1. The smallest absolute Gasteiger partial charge is 0.152 e. The second-order valence-corrected chi connectivity index (χ2v) is 5.49. The quantitative estimate of drug-likeness (QED) is 0.849. The van der Waals surface area contributed by atoms with Crippen LogP contribution >= 0.6 is 0 Å². The highest BCUT2D eigenvalue weighted by molar-refractivity contribution is 5.98. The standard InChI is InChI=1S/C16H20N2O/c1-18(13-5-3-2-4-6-13)14-7-8-16-15(9-14)12(11-19)10-17-16/h7-11,13,17H,2-6H2,1H3. The van der Waals surface area contributed by atoms with Crippen LogP contribution in [-0.4, -0.2) is 24.4 Å². The van der Waals surface area contributed by atoms with Gasteiger partial charge in [-0.05, 0) is 31.0 Å². The number of nitrogens with zero attached hydrogens (tertiary/aromatic N) is 1. The molecule has 0 saturated heterocycles. The van der Waals surface area contributed by atoms with Crippen LogP contribution in [0.4, 0.5) is 5.69 Å². The zero-order chi connectivity index (χ0) is 13.2. The van der Waals surface area contributed by atoms with Crippen molar-refractivity contribution in [3.8, 4) is 0 Å². The van der Waals surface area contributed by atoms with Gasteiger partial charge in [-0.25, -0.2) is 0 Å². The number of nitrogens with one attached hydrogen (secondary N) is 1. The Labute approximate surface area is 113 Å². The Bertz CT molecular complexity index is 581. The van der Waals surface area contributed by atoms with Gasteiger partial charge in [0.25, 0.3) is 0 Å². The summed E-state index contributed by atoms with van der Waals surface area (Å²) in [6, 6.07) is 6.98. The highest BCUT2D eigenvalue weighted by Crippen LogP contribution is 2.29. The second-order valence-electron chi connectivity index (χ2n) is 5.49. The molecule has 19 heavy (non-hydrogen) atoms. The van der Waals surface area contributed by atoms with Crippen LogP contribution < -0.4 is 4.90 Å². The number of H-pyrrole nitrogens is 1. The summed E-state index contributed by atoms with van der Waals surface area (Å²) in [5.74, 6) is 0. The van der Waals surface area contributed by atoms with E-state index >= 15 is 0 Å². The minimum Gasteiger partial charge on any atom is -0.372 e. The summed E-state index contributed by atoms with van der Waals surface area (Å²) >= 11 is 0. The van der Waals surface area contributed by atoms with Gasteiger partial charge in [-0.15, -0.1) is 0 Å². The van der Waals surface area contributed by atoms with E-state index in [-0.39, 0.29) is 0 Å². The number of aromatic nitrogens is 1. The van der Waals surface area contributed by atoms with Crippen LogP contribution in [0.2, 0.25) is 0 Å². The van der Waals surface area contributed by atoms with Crippen molar-refractivity contribution < 1.29 is 4.79 Å². The van der Waals surface area contributed by atoms with Crippen molar-refractivity contribution in [1.29, 1.82) is 0 Å². The molecule has 1 heterocycles. The molecule has 0 atom stereocenters. The molecule has 1 aromatic carbocycles. The first-order valence-corrected chi connectivity index (χ1v) is 7.09. The summed E-state index contributed by atoms with van der Waals surface area (Å²) < 4.78 is 0. The molecule has 100 valence electrons. The fourth-order valence-corrected chi connectivity index (χ4v) is 3.13. The largest absolute Gasteiger partial charge is 0.372 e. The highest BCUT2D eigenvalue weighted by atomic mass is 16.1. The van der Waals surface area contributed by atoms with Crippen molar-refractivity contribution in [3.05, 3.63) is 30.0 Å². The zero-order valence-corrected chi connectivity index (χ0v) is 11.4. The molecule has 0 unspecified atom stereocenters. The van der Waals surface area contributed by atoms with Gasteiger partial charge in [0.05, 0.1) is 0 Å². The van der Waals surface area contributed by atoms with E-state index in [1.165, 1.54) is 37.8 Å². The van der Waals surface area contributed by atoms with Crippen LogP contribution in [0.3, 0.4) is 0 Å². The maximum Gasteiger partial charge on any atom is 0.152 e. The Hall–Kier alpha value is -1.77. The van der Waals surface area contributed by atoms with E-state index in [4.69, 9.17) is 0 Å². The molecule has 2 aromatic rings. The number of hydrogen-bond donors (Lipinski definition) is 1. The third-order valence-electron chi connectivity index (χ3n) is 4.35. The van der Waals surface area contributed by atoms with Gasteiger partial charge in [0.2, 0.25) is 0 Å². The van der Waals surface area contributed by atoms with Gasteiger partial charge in [-0.3, -0.25) is 4.79 Å². The molecule has 3 nitrogen and oxygen atoms in total.